The van der Waals surface area contributed by atoms with Crippen LogP contribution in [0.15, 0.2) is 12.1 Å². The fourth-order valence-corrected chi connectivity index (χ4v) is 2.17. The van der Waals surface area contributed by atoms with Crippen LogP contribution in [0.1, 0.15) is 21.7 Å². The maximum atomic E-state index is 12.0. The van der Waals surface area contributed by atoms with Crippen LogP contribution in [-0.2, 0) is 0 Å². The average molecular weight is 249 g/mol. The van der Waals surface area contributed by atoms with Crippen LogP contribution >= 0.6 is 0 Å². The predicted molar refractivity (Wildman–Crippen MR) is 68.4 cm³/mol. The number of aryl methyl sites for hydroxylation is 2. The average Bonchev–Trinajstić information content (AvgIpc) is 2.72. The standard InChI is InChI=1S/C13H19N3O2/c1-8-3-4-11(9(2)16-8)13(18)15-6-10-5-14-7-12(10)17/h3-4,10,12,14,17H,5-7H2,1-2H3,(H,15,18). The molecular weight excluding hydrogens is 230 g/mol. The minimum Gasteiger partial charge on any atom is -0.391 e. The lowest BCUT2D eigenvalue weighted by Crippen LogP contribution is -2.34. The van der Waals surface area contributed by atoms with Crippen molar-refractivity contribution < 1.29 is 9.90 Å². The van der Waals surface area contributed by atoms with Crippen LogP contribution in [0.5, 0.6) is 0 Å². The van der Waals surface area contributed by atoms with E-state index in [1.54, 1.807) is 6.07 Å². The largest absolute Gasteiger partial charge is 0.391 e. The SMILES string of the molecule is Cc1ccc(C(=O)NCC2CNCC2O)c(C)n1. The molecule has 0 saturated carbocycles. The van der Waals surface area contributed by atoms with Crippen molar-refractivity contribution in [1.82, 2.24) is 15.6 Å². The third kappa shape index (κ3) is 2.86. The Labute approximate surface area is 107 Å². The smallest absolute Gasteiger partial charge is 0.253 e. The molecule has 0 radical (unpaired) electrons. The third-order valence-electron chi connectivity index (χ3n) is 3.30. The van der Waals surface area contributed by atoms with Crippen molar-refractivity contribution in [2.75, 3.05) is 19.6 Å². The van der Waals surface area contributed by atoms with Gasteiger partial charge in [-0.3, -0.25) is 9.78 Å². The molecule has 1 aliphatic heterocycles. The van der Waals surface area contributed by atoms with E-state index in [0.29, 0.717) is 18.7 Å². The Bertz CT molecular complexity index is 448. The molecule has 1 aromatic rings. The summed E-state index contributed by atoms with van der Waals surface area (Å²) in [7, 11) is 0. The van der Waals surface area contributed by atoms with Gasteiger partial charge in [0.25, 0.3) is 5.91 Å². The Kier molecular flexibility index (Phi) is 3.93. The second kappa shape index (κ2) is 5.46. The first kappa shape index (κ1) is 13.0. The van der Waals surface area contributed by atoms with E-state index < -0.39 is 0 Å². The van der Waals surface area contributed by atoms with E-state index in [-0.39, 0.29) is 17.9 Å². The lowest BCUT2D eigenvalue weighted by atomic mass is 10.1. The van der Waals surface area contributed by atoms with Gasteiger partial charge in [-0.15, -0.1) is 0 Å². The number of pyridine rings is 1. The van der Waals surface area contributed by atoms with E-state index in [1.807, 2.05) is 19.9 Å². The molecule has 2 heterocycles. The lowest BCUT2D eigenvalue weighted by Gasteiger charge is -2.14. The van der Waals surface area contributed by atoms with Crippen molar-refractivity contribution in [2.24, 2.45) is 5.92 Å². The molecular formula is C13H19N3O2. The fourth-order valence-electron chi connectivity index (χ4n) is 2.17. The van der Waals surface area contributed by atoms with Gasteiger partial charge in [-0.25, -0.2) is 0 Å². The fraction of sp³-hybridized carbons (Fsp3) is 0.538. The Morgan fingerprint density at radius 1 is 1.50 bits per heavy atom. The Morgan fingerprint density at radius 3 is 2.89 bits per heavy atom. The van der Waals surface area contributed by atoms with E-state index in [1.165, 1.54) is 0 Å². The van der Waals surface area contributed by atoms with Gasteiger partial charge < -0.3 is 15.7 Å². The molecule has 0 bridgehead atoms. The lowest BCUT2D eigenvalue weighted by molar-refractivity contribution is 0.0926. The molecule has 2 atom stereocenters. The molecule has 98 valence electrons. The van der Waals surface area contributed by atoms with Crippen LogP contribution in [0, 0.1) is 19.8 Å². The third-order valence-corrected chi connectivity index (χ3v) is 3.30. The van der Waals surface area contributed by atoms with Gasteiger partial charge >= 0.3 is 0 Å². The number of amides is 1. The highest BCUT2D eigenvalue weighted by atomic mass is 16.3. The van der Waals surface area contributed by atoms with Crippen molar-refractivity contribution in [3.05, 3.63) is 29.1 Å². The molecule has 1 amide bonds. The summed E-state index contributed by atoms with van der Waals surface area (Å²) in [5.74, 6) is -0.0354. The normalized spacial score (nSPS) is 23.1. The van der Waals surface area contributed by atoms with E-state index in [0.717, 1.165) is 17.9 Å². The molecule has 18 heavy (non-hydrogen) atoms. The number of carbonyl (C=O) groups is 1. The first-order chi connectivity index (χ1) is 8.58. The number of hydrogen-bond donors (Lipinski definition) is 3. The van der Waals surface area contributed by atoms with Gasteiger partial charge in [-0.05, 0) is 26.0 Å². The zero-order valence-corrected chi connectivity index (χ0v) is 10.7. The highest BCUT2D eigenvalue weighted by Crippen LogP contribution is 2.09. The predicted octanol–water partition coefficient (Wildman–Crippen LogP) is 0.00854. The number of rotatable bonds is 3. The van der Waals surface area contributed by atoms with E-state index in [2.05, 4.69) is 15.6 Å². The molecule has 0 spiro atoms. The first-order valence-corrected chi connectivity index (χ1v) is 6.19. The van der Waals surface area contributed by atoms with Crippen molar-refractivity contribution in [1.29, 1.82) is 0 Å². The number of β-amino-alcohol motifs (C(OH)–C–C–N with tert-alkyl or cyclic N) is 1. The van der Waals surface area contributed by atoms with Gasteiger partial charge in [0.2, 0.25) is 0 Å². The molecule has 0 aromatic carbocycles. The Morgan fingerprint density at radius 2 is 2.28 bits per heavy atom. The number of nitrogens with one attached hydrogen (secondary N) is 2. The van der Waals surface area contributed by atoms with E-state index >= 15 is 0 Å². The number of aliphatic hydroxyl groups excluding tert-OH is 1. The summed E-state index contributed by atoms with van der Waals surface area (Å²) in [5.41, 5.74) is 2.23. The summed E-state index contributed by atoms with van der Waals surface area (Å²) in [4.78, 5) is 16.3. The molecule has 2 rings (SSSR count). The highest BCUT2D eigenvalue weighted by molar-refractivity contribution is 5.95. The maximum Gasteiger partial charge on any atom is 0.253 e. The van der Waals surface area contributed by atoms with Crippen molar-refractivity contribution in [3.63, 3.8) is 0 Å². The molecule has 5 heteroatoms. The Balaban J connectivity index is 1.95. The van der Waals surface area contributed by atoms with Crippen LogP contribution in [0.25, 0.3) is 0 Å². The number of nitrogens with zero attached hydrogens (tertiary/aromatic N) is 1. The van der Waals surface area contributed by atoms with Gasteiger partial charge in [0.1, 0.15) is 0 Å². The minimum absolute atomic E-state index is 0.0904. The zero-order chi connectivity index (χ0) is 13.1. The Hall–Kier alpha value is -1.46. The molecule has 2 unspecified atom stereocenters. The summed E-state index contributed by atoms with van der Waals surface area (Å²) in [6.07, 6.45) is -0.373. The van der Waals surface area contributed by atoms with Crippen LogP contribution in [0.3, 0.4) is 0 Å². The second-order valence-corrected chi connectivity index (χ2v) is 4.78. The van der Waals surface area contributed by atoms with Crippen molar-refractivity contribution in [2.45, 2.75) is 20.0 Å². The molecule has 1 fully saturated rings. The topological polar surface area (TPSA) is 74.2 Å². The number of aromatic nitrogens is 1. The molecule has 0 aliphatic carbocycles. The quantitative estimate of drug-likeness (QED) is 0.705. The van der Waals surface area contributed by atoms with Crippen LogP contribution in [0.2, 0.25) is 0 Å². The summed E-state index contributed by atoms with van der Waals surface area (Å²) in [6, 6.07) is 3.62. The second-order valence-electron chi connectivity index (χ2n) is 4.78. The minimum atomic E-state index is -0.373. The van der Waals surface area contributed by atoms with E-state index in [9.17, 15) is 9.90 Å². The number of aliphatic hydroxyl groups is 1. The van der Waals surface area contributed by atoms with Crippen LogP contribution in [0.4, 0.5) is 0 Å². The van der Waals surface area contributed by atoms with Crippen LogP contribution in [-0.4, -0.2) is 41.7 Å². The maximum absolute atomic E-state index is 12.0. The molecule has 1 saturated heterocycles. The highest BCUT2D eigenvalue weighted by Gasteiger charge is 2.25. The van der Waals surface area contributed by atoms with Gasteiger partial charge in [0, 0.05) is 31.2 Å². The summed E-state index contributed by atoms with van der Waals surface area (Å²) in [6.45, 7) is 5.56. The summed E-state index contributed by atoms with van der Waals surface area (Å²) in [5, 5.41) is 15.6. The molecule has 1 aliphatic rings. The molecule has 5 nitrogen and oxygen atoms in total. The first-order valence-electron chi connectivity index (χ1n) is 6.19. The number of carbonyl (C=O) groups excluding carboxylic acids is 1. The zero-order valence-electron chi connectivity index (χ0n) is 10.7. The summed E-state index contributed by atoms with van der Waals surface area (Å²) < 4.78 is 0. The van der Waals surface area contributed by atoms with E-state index in [4.69, 9.17) is 0 Å². The van der Waals surface area contributed by atoms with Crippen LogP contribution < -0.4 is 10.6 Å². The van der Waals surface area contributed by atoms with Crippen molar-refractivity contribution >= 4 is 5.91 Å². The van der Waals surface area contributed by atoms with Crippen molar-refractivity contribution in [3.8, 4) is 0 Å². The van der Waals surface area contributed by atoms with Gasteiger partial charge in [0.05, 0.1) is 17.4 Å². The number of hydrogen-bond acceptors (Lipinski definition) is 4. The monoisotopic (exact) mass is 249 g/mol. The van der Waals surface area contributed by atoms with Gasteiger partial charge in [-0.2, -0.15) is 0 Å². The molecule has 3 N–H and O–H groups in total. The summed E-state index contributed by atoms with van der Waals surface area (Å²) >= 11 is 0. The van der Waals surface area contributed by atoms with Gasteiger partial charge in [-0.1, -0.05) is 0 Å². The van der Waals surface area contributed by atoms with Gasteiger partial charge in [0.15, 0.2) is 0 Å². The molecule has 1 aromatic heterocycles.